The molecule has 0 aromatic heterocycles. The highest BCUT2D eigenvalue weighted by molar-refractivity contribution is 6.30. The predicted octanol–water partition coefficient (Wildman–Crippen LogP) is 7.05. The topological polar surface area (TPSA) is 121 Å². The number of esters is 2. The number of rotatable bonds is 4. The van der Waals surface area contributed by atoms with Crippen LogP contribution in [-0.4, -0.2) is 76.8 Å². The molecule has 3 fully saturated rings. The Labute approximate surface area is 306 Å². The summed E-state index contributed by atoms with van der Waals surface area (Å²) in [4.78, 5) is 27.6. The highest BCUT2D eigenvalue weighted by atomic mass is 35.5. The highest BCUT2D eigenvalue weighted by Crippen LogP contribution is 2.48. The number of hydrogen-bond donors (Lipinski definition) is 2. The Balaban J connectivity index is 1.39. The molecule has 3 saturated heterocycles. The van der Waals surface area contributed by atoms with Crippen molar-refractivity contribution in [2.75, 3.05) is 6.61 Å². The Morgan fingerprint density at radius 2 is 1.86 bits per heavy atom. The molecule has 2 N–H and O–H groups in total. The molecule has 1 aromatic carbocycles. The summed E-state index contributed by atoms with van der Waals surface area (Å²) in [5, 5.41) is 23.9. The van der Waals surface area contributed by atoms with Crippen LogP contribution in [0.15, 0.2) is 71.4 Å². The molecule has 1 aliphatic carbocycles. The Kier molecular flexibility index (Phi) is 11.4. The van der Waals surface area contributed by atoms with Crippen molar-refractivity contribution >= 4 is 23.5 Å². The zero-order valence-electron chi connectivity index (χ0n) is 30.5. The first-order valence-electron chi connectivity index (χ1n) is 18.5. The van der Waals surface area contributed by atoms with E-state index >= 15 is 0 Å². The van der Waals surface area contributed by atoms with Crippen LogP contribution in [0.3, 0.4) is 0 Å². The van der Waals surface area contributed by atoms with Gasteiger partial charge in [-0.1, -0.05) is 76.1 Å². The van der Waals surface area contributed by atoms with Gasteiger partial charge in [0, 0.05) is 30.2 Å². The number of benzene rings is 1. The lowest BCUT2D eigenvalue weighted by atomic mass is 9.71. The number of ether oxygens (including phenoxy) is 5. The molecule has 0 amide bonds. The Hall–Kier alpha value is -2.79. The maximum atomic E-state index is 14.2. The van der Waals surface area contributed by atoms with Crippen LogP contribution >= 0.6 is 11.6 Å². The Morgan fingerprint density at radius 1 is 1.12 bits per heavy atom. The van der Waals surface area contributed by atoms with Gasteiger partial charge in [-0.25, -0.2) is 4.79 Å². The van der Waals surface area contributed by atoms with Crippen LogP contribution in [0.25, 0.3) is 0 Å². The maximum Gasteiger partial charge on any atom is 0.338 e. The molecular formula is C41H53ClO9. The van der Waals surface area contributed by atoms with E-state index in [0.29, 0.717) is 59.3 Å². The molecule has 1 spiro atoms. The minimum atomic E-state index is -1.82. The third-order valence-electron chi connectivity index (χ3n) is 11.8. The first-order chi connectivity index (χ1) is 24.2. The largest absolute Gasteiger partial charge is 0.462 e. The van der Waals surface area contributed by atoms with Gasteiger partial charge in [0.15, 0.2) is 5.79 Å². The monoisotopic (exact) mass is 724 g/mol. The highest BCUT2D eigenvalue weighted by Gasteiger charge is 2.60. The number of aliphatic hydroxyl groups excluding tert-OH is 1. The summed E-state index contributed by atoms with van der Waals surface area (Å²) in [7, 11) is 0. The normalized spacial score (nSPS) is 41.9. The number of hydrogen-bond acceptors (Lipinski definition) is 9. The Bertz CT molecular complexity index is 1580. The van der Waals surface area contributed by atoms with E-state index in [-0.39, 0.29) is 24.7 Å². The van der Waals surface area contributed by atoms with Crippen molar-refractivity contribution in [3.05, 3.63) is 82.0 Å². The second-order valence-electron chi connectivity index (χ2n) is 15.5. The fourth-order valence-corrected chi connectivity index (χ4v) is 8.64. The lowest BCUT2D eigenvalue weighted by Gasteiger charge is -2.51. The van der Waals surface area contributed by atoms with Crippen molar-refractivity contribution in [3.8, 4) is 0 Å². The second-order valence-corrected chi connectivity index (χ2v) is 15.9. The molecular weight excluding hydrogens is 672 g/mol. The molecule has 278 valence electrons. The Morgan fingerprint density at radius 3 is 2.59 bits per heavy atom. The van der Waals surface area contributed by atoms with Crippen molar-refractivity contribution in [3.63, 3.8) is 0 Å². The van der Waals surface area contributed by atoms with Crippen LogP contribution < -0.4 is 0 Å². The first-order valence-corrected chi connectivity index (χ1v) is 18.9. The van der Waals surface area contributed by atoms with Crippen LogP contribution in [0.2, 0.25) is 5.02 Å². The van der Waals surface area contributed by atoms with Crippen LogP contribution in [0.5, 0.6) is 0 Å². The minimum absolute atomic E-state index is 0.00602. The van der Waals surface area contributed by atoms with E-state index in [0.717, 1.165) is 18.4 Å². The molecule has 6 rings (SSSR count). The minimum Gasteiger partial charge on any atom is -0.462 e. The SMILES string of the molecule is CCC(C)[C@H]1OC2(CC[C@@H]1C)C[C@@H]1C[C@@H](C/C=C(\C)[C@@H](OC(=O)c3ccc(Cl)cc3)[C@@H](C)/C=C/C=C3\CO[C@@H]4[C@H](O)C(C)=C[C@@H](C(=O)O1)[C@]34O)O2. The molecule has 5 aliphatic rings. The molecule has 2 bridgehead atoms. The van der Waals surface area contributed by atoms with Crippen LogP contribution in [0.1, 0.15) is 90.4 Å². The number of carbonyl (C=O) groups excluding carboxylic acids is 2. The molecule has 1 aromatic rings. The molecule has 10 heteroatoms. The van der Waals surface area contributed by atoms with Gasteiger partial charge in [-0.15, -0.1) is 0 Å². The molecule has 2 unspecified atom stereocenters. The fourth-order valence-electron chi connectivity index (χ4n) is 8.51. The van der Waals surface area contributed by atoms with E-state index < -0.39 is 53.7 Å². The van der Waals surface area contributed by atoms with E-state index in [1.54, 1.807) is 49.4 Å². The summed E-state index contributed by atoms with van der Waals surface area (Å²) in [6.07, 6.45) is 9.26. The summed E-state index contributed by atoms with van der Waals surface area (Å²) in [5.74, 6) is -2.67. The summed E-state index contributed by atoms with van der Waals surface area (Å²) in [6.45, 7) is 12.2. The van der Waals surface area contributed by atoms with E-state index in [4.69, 9.17) is 35.3 Å². The average Bonchev–Trinajstić information content (AvgIpc) is 3.44. The summed E-state index contributed by atoms with van der Waals surface area (Å²) in [5.41, 5.74) is 0.413. The standard InChI is InChI=1S/C41H53ClO9/c1-7-23(2)36-26(5)17-18-40(51-36)21-32-20-31(50-40)16-11-25(4)35(49-38(44)28-12-14-30(42)15-13-28)24(3)9-8-10-29-22-47-37-34(43)27(6)19-33(39(45)48-32)41(29,37)46/h8-15,19,23-24,26,31-37,43,46H,7,16-18,20-22H2,1-6H3/b9-8+,25-11+,29-10+/t23?,24-,26-,31+,32-,33-,34+,35-,36+,37+,40?,41+/m0/s1. The zero-order valence-corrected chi connectivity index (χ0v) is 31.3. The van der Waals surface area contributed by atoms with Gasteiger partial charge in [0.05, 0.1) is 24.4 Å². The van der Waals surface area contributed by atoms with Gasteiger partial charge < -0.3 is 33.9 Å². The molecule has 0 radical (unpaired) electrons. The van der Waals surface area contributed by atoms with Crippen molar-refractivity contribution in [2.45, 2.75) is 128 Å². The molecule has 0 saturated carbocycles. The van der Waals surface area contributed by atoms with E-state index in [1.807, 2.05) is 19.9 Å². The van der Waals surface area contributed by atoms with E-state index in [2.05, 4.69) is 26.8 Å². The van der Waals surface area contributed by atoms with E-state index in [9.17, 15) is 19.8 Å². The van der Waals surface area contributed by atoms with Gasteiger partial charge in [0.25, 0.3) is 0 Å². The van der Waals surface area contributed by atoms with E-state index in [1.165, 1.54) is 0 Å². The summed E-state index contributed by atoms with van der Waals surface area (Å²) >= 11 is 6.07. The van der Waals surface area contributed by atoms with Gasteiger partial charge in [-0.05, 0) is 79.5 Å². The molecule has 12 atom stereocenters. The third kappa shape index (κ3) is 7.66. The van der Waals surface area contributed by atoms with Crippen LogP contribution in [-0.2, 0) is 28.5 Å². The lowest BCUT2D eigenvalue weighted by molar-refractivity contribution is -0.340. The third-order valence-corrected chi connectivity index (χ3v) is 12.0. The quantitative estimate of drug-likeness (QED) is 0.249. The summed E-state index contributed by atoms with van der Waals surface area (Å²) in [6, 6.07) is 6.59. The molecule has 51 heavy (non-hydrogen) atoms. The molecule has 9 nitrogen and oxygen atoms in total. The second kappa shape index (κ2) is 15.3. The predicted molar refractivity (Wildman–Crippen MR) is 193 cm³/mol. The van der Waals surface area contributed by atoms with Crippen molar-refractivity contribution in [1.82, 2.24) is 0 Å². The fraction of sp³-hybridized carbons (Fsp3) is 0.610. The zero-order chi connectivity index (χ0) is 36.7. The van der Waals surface area contributed by atoms with Gasteiger partial charge in [0.1, 0.15) is 35.9 Å². The van der Waals surface area contributed by atoms with Gasteiger partial charge in [-0.2, -0.15) is 0 Å². The maximum absolute atomic E-state index is 14.2. The van der Waals surface area contributed by atoms with Crippen molar-refractivity contribution in [2.24, 2.45) is 23.7 Å². The van der Waals surface area contributed by atoms with Crippen LogP contribution in [0.4, 0.5) is 0 Å². The van der Waals surface area contributed by atoms with Gasteiger partial charge in [0.2, 0.25) is 0 Å². The number of halogens is 1. The molecule has 4 aliphatic heterocycles. The van der Waals surface area contributed by atoms with Crippen molar-refractivity contribution < 1.29 is 43.5 Å². The van der Waals surface area contributed by atoms with Crippen LogP contribution in [0, 0.1) is 23.7 Å². The lowest BCUT2D eigenvalue weighted by Crippen LogP contribution is -2.58. The number of carbonyl (C=O) groups is 2. The smallest absolute Gasteiger partial charge is 0.338 e. The van der Waals surface area contributed by atoms with Gasteiger partial charge >= 0.3 is 11.9 Å². The number of allylic oxidation sites excluding steroid dienone is 2. The average molecular weight is 725 g/mol. The molecule has 4 heterocycles. The summed E-state index contributed by atoms with van der Waals surface area (Å²) < 4.78 is 32.2. The van der Waals surface area contributed by atoms with Gasteiger partial charge in [-0.3, -0.25) is 4.79 Å². The number of aliphatic hydroxyl groups is 2. The first kappa shape index (κ1) is 38.0. The van der Waals surface area contributed by atoms with Crippen molar-refractivity contribution in [1.29, 1.82) is 0 Å². The number of fused-ring (bicyclic) bond motifs is 2.